The summed E-state index contributed by atoms with van der Waals surface area (Å²) in [7, 11) is 7.11. The fourth-order valence-corrected chi connectivity index (χ4v) is 2.53. The molecule has 0 amide bonds. The summed E-state index contributed by atoms with van der Waals surface area (Å²) in [4.78, 5) is 4.78. The van der Waals surface area contributed by atoms with Gasteiger partial charge in [-0.15, -0.1) is 24.8 Å². The van der Waals surface area contributed by atoms with Crippen LogP contribution < -0.4 is 14.2 Å². The van der Waals surface area contributed by atoms with Crippen LogP contribution in [-0.4, -0.2) is 64.4 Å². The van der Waals surface area contributed by atoms with Crippen molar-refractivity contribution < 1.29 is 14.2 Å². The van der Waals surface area contributed by atoms with E-state index in [0.717, 1.165) is 44.0 Å². The lowest BCUT2D eigenvalue weighted by atomic mass is 10.1. The number of benzene rings is 1. The molecule has 0 unspecified atom stereocenters. The molecular formula is C15H26Cl2N2O3. The molecule has 128 valence electrons. The van der Waals surface area contributed by atoms with Crippen molar-refractivity contribution in [2.45, 2.75) is 6.54 Å². The maximum Gasteiger partial charge on any atom is 0.203 e. The Morgan fingerprint density at radius 1 is 0.864 bits per heavy atom. The first-order chi connectivity index (χ1) is 9.69. The molecule has 1 fully saturated rings. The van der Waals surface area contributed by atoms with Crippen molar-refractivity contribution in [3.05, 3.63) is 17.7 Å². The van der Waals surface area contributed by atoms with Crippen molar-refractivity contribution in [2.24, 2.45) is 0 Å². The van der Waals surface area contributed by atoms with Crippen LogP contribution in [0.15, 0.2) is 12.1 Å². The highest BCUT2D eigenvalue weighted by molar-refractivity contribution is 5.85. The number of nitrogens with zero attached hydrogens (tertiary/aromatic N) is 2. The molecule has 5 nitrogen and oxygen atoms in total. The van der Waals surface area contributed by atoms with Crippen molar-refractivity contribution in [3.63, 3.8) is 0 Å². The van der Waals surface area contributed by atoms with Crippen molar-refractivity contribution in [3.8, 4) is 17.2 Å². The fourth-order valence-electron chi connectivity index (χ4n) is 2.53. The van der Waals surface area contributed by atoms with Crippen molar-refractivity contribution in [1.29, 1.82) is 0 Å². The van der Waals surface area contributed by atoms with E-state index < -0.39 is 0 Å². The van der Waals surface area contributed by atoms with Gasteiger partial charge in [-0.25, -0.2) is 0 Å². The van der Waals surface area contributed by atoms with Gasteiger partial charge in [-0.3, -0.25) is 4.90 Å². The Balaban J connectivity index is 0.00000220. The molecule has 0 aliphatic carbocycles. The van der Waals surface area contributed by atoms with E-state index in [2.05, 4.69) is 22.9 Å². The van der Waals surface area contributed by atoms with Crippen LogP contribution >= 0.6 is 24.8 Å². The number of rotatable bonds is 5. The van der Waals surface area contributed by atoms with E-state index in [0.29, 0.717) is 11.5 Å². The molecule has 0 bridgehead atoms. The highest BCUT2D eigenvalue weighted by Crippen LogP contribution is 2.40. The molecule has 0 spiro atoms. The minimum absolute atomic E-state index is 0. The van der Waals surface area contributed by atoms with Gasteiger partial charge in [-0.05, 0) is 13.1 Å². The Bertz CT molecular complexity index is 453. The molecule has 1 heterocycles. The van der Waals surface area contributed by atoms with E-state index in [1.807, 2.05) is 6.07 Å². The van der Waals surface area contributed by atoms with Gasteiger partial charge in [-0.2, -0.15) is 0 Å². The van der Waals surface area contributed by atoms with E-state index in [1.54, 1.807) is 21.3 Å². The summed E-state index contributed by atoms with van der Waals surface area (Å²) >= 11 is 0. The van der Waals surface area contributed by atoms with Crippen LogP contribution in [0.25, 0.3) is 0 Å². The summed E-state index contributed by atoms with van der Waals surface area (Å²) in [5, 5.41) is 0. The lowest BCUT2D eigenvalue weighted by Crippen LogP contribution is -2.43. The molecule has 1 aliphatic heterocycles. The maximum atomic E-state index is 5.53. The Labute approximate surface area is 145 Å². The molecule has 2 rings (SSSR count). The largest absolute Gasteiger partial charge is 0.493 e. The van der Waals surface area contributed by atoms with E-state index in [1.165, 1.54) is 0 Å². The molecule has 1 aromatic carbocycles. The molecule has 0 aromatic heterocycles. The van der Waals surface area contributed by atoms with Crippen LogP contribution in [0, 0.1) is 0 Å². The Morgan fingerprint density at radius 3 is 1.95 bits per heavy atom. The van der Waals surface area contributed by atoms with Gasteiger partial charge in [0.1, 0.15) is 0 Å². The molecule has 1 aliphatic rings. The van der Waals surface area contributed by atoms with Crippen molar-refractivity contribution in [2.75, 3.05) is 54.6 Å². The van der Waals surface area contributed by atoms with Gasteiger partial charge in [-0.1, -0.05) is 6.07 Å². The first kappa shape index (κ1) is 21.1. The molecule has 7 heteroatoms. The van der Waals surface area contributed by atoms with Gasteiger partial charge in [0.25, 0.3) is 0 Å². The number of ether oxygens (including phenoxy) is 3. The predicted molar refractivity (Wildman–Crippen MR) is 93.4 cm³/mol. The van der Waals surface area contributed by atoms with Crippen LogP contribution in [0.1, 0.15) is 5.56 Å². The highest BCUT2D eigenvalue weighted by Gasteiger charge is 2.19. The van der Waals surface area contributed by atoms with Gasteiger partial charge in [0.05, 0.1) is 21.3 Å². The Morgan fingerprint density at radius 2 is 1.45 bits per heavy atom. The van der Waals surface area contributed by atoms with Crippen molar-refractivity contribution >= 4 is 24.8 Å². The standard InChI is InChI=1S/C15H24N2O3.2ClH/c1-16-7-9-17(10-8-16)11-12-5-6-13(18-2)15(20-4)14(12)19-3;;/h5-6H,7-11H2,1-4H3;2*1H. The second-order valence-electron chi connectivity index (χ2n) is 5.07. The number of halogens is 2. The van der Waals surface area contributed by atoms with Crippen LogP contribution in [-0.2, 0) is 6.54 Å². The SMILES string of the molecule is COc1ccc(CN2CCN(C)CC2)c(OC)c1OC.Cl.Cl. The van der Waals surface area contributed by atoms with Gasteiger partial charge in [0, 0.05) is 38.3 Å². The molecule has 0 N–H and O–H groups in total. The third-order valence-corrected chi connectivity index (χ3v) is 3.78. The molecule has 0 saturated carbocycles. The third-order valence-electron chi connectivity index (χ3n) is 3.78. The normalized spacial score (nSPS) is 15.5. The van der Waals surface area contributed by atoms with E-state index >= 15 is 0 Å². The summed E-state index contributed by atoms with van der Waals surface area (Å²) in [5.41, 5.74) is 1.13. The monoisotopic (exact) mass is 352 g/mol. The summed E-state index contributed by atoms with van der Waals surface area (Å²) in [6.45, 7) is 5.24. The average molecular weight is 353 g/mol. The van der Waals surface area contributed by atoms with Crippen LogP contribution in [0.5, 0.6) is 17.2 Å². The van der Waals surface area contributed by atoms with Crippen molar-refractivity contribution in [1.82, 2.24) is 9.80 Å². The Hall–Kier alpha value is -0.880. The van der Waals surface area contributed by atoms with Gasteiger partial charge >= 0.3 is 0 Å². The van der Waals surface area contributed by atoms with Crippen LogP contribution in [0.4, 0.5) is 0 Å². The van der Waals surface area contributed by atoms with Crippen LogP contribution in [0.2, 0.25) is 0 Å². The van der Waals surface area contributed by atoms with Crippen LogP contribution in [0.3, 0.4) is 0 Å². The van der Waals surface area contributed by atoms with E-state index in [-0.39, 0.29) is 24.8 Å². The van der Waals surface area contributed by atoms with Gasteiger partial charge < -0.3 is 19.1 Å². The molecule has 1 aromatic rings. The summed E-state index contributed by atoms with van der Waals surface area (Å²) in [6, 6.07) is 3.99. The highest BCUT2D eigenvalue weighted by atomic mass is 35.5. The average Bonchev–Trinajstić information content (AvgIpc) is 2.48. The number of hydrogen-bond donors (Lipinski definition) is 0. The van der Waals surface area contributed by atoms with Gasteiger partial charge in [0.15, 0.2) is 11.5 Å². The molecular weight excluding hydrogens is 327 g/mol. The fraction of sp³-hybridized carbons (Fsp3) is 0.600. The van der Waals surface area contributed by atoms with E-state index in [4.69, 9.17) is 14.2 Å². The molecule has 1 saturated heterocycles. The molecule has 0 radical (unpaired) electrons. The second kappa shape index (κ2) is 10.0. The molecule has 22 heavy (non-hydrogen) atoms. The number of methoxy groups -OCH3 is 3. The first-order valence-electron chi connectivity index (χ1n) is 6.88. The second-order valence-corrected chi connectivity index (χ2v) is 5.07. The quantitative estimate of drug-likeness (QED) is 0.812. The zero-order valence-corrected chi connectivity index (χ0v) is 15.3. The summed E-state index contributed by atoms with van der Waals surface area (Å²) in [6.07, 6.45) is 0. The minimum atomic E-state index is 0. The zero-order chi connectivity index (χ0) is 14.5. The minimum Gasteiger partial charge on any atom is -0.493 e. The Kier molecular flexibility index (Phi) is 9.60. The number of likely N-dealkylation sites (N-methyl/N-ethyl adjacent to an activating group) is 1. The van der Waals surface area contributed by atoms with E-state index in [9.17, 15) is 0 Å². The summed E-state index contributed by atoms with van der Waals surface area (Å²) in [5.74, 6) is 2.14. The lowest BCUT2D eigenvalue weighted by Gasteiger charge is -2.32. The summed E-state index contributed by atoms with van der Waals surface area (Å²) < 4.78 is 16.3. The third kappa shape index (κ3) is 4.81. The van der Waals surface area contributed by atoms with Gasteiger partial charge in [0.2, 0.25) is 5.75 Å². The lowest BCUT2D eigenvalue weighted by molar-refractivity contribution is 0.147. The smallest absolute Gasteiger partial charge is 0.203 e. The maximum absolute atomic E-state index is 5.53. The topological polar surface area (TPSA) is 34.2 Å². The number of hydrogen-bond acceptors (Lipinski definition) is 5. The first-order valence-corrected chi connectivity index (χ1v) is 6.88. The zero-order valence-electron chi connectivity index (χ0n) is 13.6. The number of piperazine rings is 1. The predicted octanol–water partition coefficient (Wildman–Crippen LogP) is 2.30. The molecule has 0 atom stereocenters.